The molecule has 1 heterocycles. The third kappa shape index (κ3) is 3.10. The van der Waals surface area contributed by atoms with Crippen molar-refractivity contribution in [1.82, 2.24) is 4.90 Å². The quantitative estimate of drug-likeness (QED) is 0.869. The van der Waals surface area contributed by atoms with E-state index in [9.17, 15) is 4.79 Å². The molecule has 3 heteroatoms. The molecule has 2 rings (SSSR count). The van der Waals surface area contributed by atoms with Gasteiger partial charge in [-0.15, -0.1) is 0 Å². The molecule has 1 aliphatic rings. The zero-order valence-corrected chi connectivity index (χ0v) is 10.9. The van der Waals surface area contributed by atoms with Crippen molar-refractivity contribution in [3.05, 3.63) is 35.4 Å². The summed E-state index contributed by atoms with van der Waals surface area (Å²) in [6.45, 7) is 5.70. The Kier molecular flexibility index (Phi) is 4.37. The molecule has 1 saturated heterocycles. The smallest absolute Gasteiger partial charge is 0.335 e. The van der Waals surface area contributed by atoms with Crippen molar-refractivity contribution in [2.75, 3.05) is 19.6 Å². The summed E-state index contributed by atoms with van der Waals surface area (Å²) in [5.41, 5.74) is 1.65. The van der Waals surface area contributed by atoms with Gasteiger partial charge in [0, 0.05) is 6.54 Å². The van der Waals surface area contributed by atoms with Gasteiger partial charge in [0.1, 0.15) is 0 Å². The second kappa shape index (κ2) is 6.01. The molecule has 0 spiro atoms. The fraction of sp³-hybridized carbons (Fsp3) is 0.533. The van der Waals surface area contributed by atoms with Crippen LogP contribution in [0.2, 0.25) is 0 Å². The predicted octanol–water partition coefficient (Wildman–Crippen LogP) is 2.97. The van der Waals surface area contributed by atoms with Crippen LogP contribution in [0.4, 0.5) is 0 Å². The number of carbonyl (C=O) groups is 1. The normalized spacial score (nSPS) is 20.2. The molecular formula is C15H21NO2. The Morgan fingerprint density at radius 1 is 1.39 bits per heavy atom. The Morgan fingerprint density at radius 2 is 2.11 bits per heavy atom. The number of rotatable bonds is 5. The molecule has 18 heavy (non-hydrogen) atoms. The highest BCUT2D eigenvalue weighted by Crippen LogP contribution is 2.27. The average molecular weight is 247 g/mol. The van der Waals surface area contributed by atoms with Crippen LogP contribution in [-0.4, -0.2) is 35.6 Å². The molecule has 0 aromatic heterocycles. The Hall–Kier alpha value is -1.35. The lowest BCUT2D eigenvalue weighted by Crippen LogP contribution is -2.21. The van der Waals surface area contributed by atoms with Gasteiger partial charge in [0.05, 0.1) is 5.56 Å². The van der Waals surface area contributed by atoms with Gasteiger partial charge in [0.25, 0.3) is 0 Å². The topological polar surface area (TPSA) is 40.5 Å². The van der Waals surface area contributed by atoms with Gasteiger partial charge in [0.2, 0.25) is 0 Å². The molecule has 0 radical (unpaired) electrons. The van der Waals surface area contributed by atoms with Gasteiger partial charge in [-0.3, -0.25) is 0 Å². The van der Waals surface area contributed by atoms with Gasteiger partial charge < -0.3 is 10.0 Å². The molecule has 1 aromatic rings. The maximum absolute atomic E-state index is 10.8. The van der Waals surface area contributed by atoms with E-state index in [-0.39, 0.29) is 0 Å². The van der Waals surface area contributed by atoms with Gasteiger partial charge in [0.15, 0.2) is 0 Å². The molecule has 0 aliphatic carbocycles. The number of nitrogens with zero attached hydrogens (tertiary/aromatic N) is 1. The van der Waals surface area contributed by atoms with Crippen LogP contribution in [-0.2, 0) is 0 Å². The van der Waals surface area contributed by atoms with Crippen molar-refractivity contribution in [2.24, 2.45) is 0 Å². The fourth-order valence-corrected chi connectivity index (χ4v) is 2.59. The van der Waals surface area contributed by atoms with Gasteiger partial charge in [-0.1, -0.05) is 25.5 Å². The van der Waals surface area contributed by atoms with Crippen LogP contribution in [0.3, 0.4) is 0 Å². The first-order valence-corrected chi connectivity index (χ1v) is 6.76. The molecule has 1 unspecified atom stereocenters. The molecule has 1 fully saturated rings. The summed E-state index contributed by atoms with van der Waals surface area (Å²) in [6.07, 6.45) is 3.70. The summed E-state index contributed by atoms with van der Waals surface area (Å²) >= 11 is 0. The van der Waals surface area contributed by atoms with E-state index in [1.54, 1.807) is 12.1 Å². The number of carboxylic acids is 1. The number of aromatic carboxylic acids is 1. The van der Waals surface area contributed by atoms with E-state index in [0.717, 1.165) is 6.54 Å². The zero-order valence-electron chi connectivity index (χ0n) is 10.9. The number of benzene rings is 1. The summed E-state index contributed by atoms with van der Waals surface area (Å²) in [4.78, 5) is 13.3. The Balaban J connectivity index is 1.94. The van der Waals surface area contributed by atoms with Gasteiger partial charge in [-0.2, -0.15) is 0 Å². The SMILES string of the molecule is CCCCN1CCC(c2ccc(C(=O)O)cc2)C1. The minimum absolute atomic E-state index is 0.375. The van der Waals surface area contributed by atoms with E-state index in [1.165, 1.54) is 37.9 Å². The largest absolute Gasteiger partial charge is 0.478 e. The maximum atomic E-state index is 10.8. The summed E-state index contributed by atoms with van der Waals surface area (Å²) < 4.78 is 0. The molecule has 0 bridgehead atoms. The van der Waals surface area contributed by atoms with E-state index in [1.807, 2.05) is 12.1 Å². The van der Waals surface area contributed by atoms with Crippen LogP contribution in [0.25, 0.3) is 0 Å². The minimum Gasteiger partial charge on any atom is -0.478 e. The number of unbranched alkanes of at least 4 members (excludes halogenated alkanes) is 1. The monoisotopic (exact) mass is 247 g/mol. The first-order valence-electron chi connectivity index (χ1n) is 6.76. The second-order valence-corrected chi connectivity index (χ2v) is 5.07. The predicted molar refractivity (Wildman–Crippen MR) is 72.1 cm³/mol. The van der Waals surface area contributed by atoms with Gasteiger partial charge in [-0.25, -0.2) is 4.79 Å². The molecular weight excluding hydrogens is 226 g/mol. The van der Waals surface area contributed by atoms with Gasteiger partial charge >= 0.3 is 5.97 Å². The molecule has 1 aliphatic heterocycles. The molecule has 1 N–H and O–H groups in total. The molecule has 3 nitrogen and oxygen atoms in total. The molecule has 0 amide bonds. The third-order valence-electron chi connectivity index (χ3n) is 3.73. The highest BCUT2D eigenvalue weighted by atomic mass is 16.4. The van der Waals surface area contributed by atoms with Crippen LogP contribution in [0.15, 0.2) is 24.3 Å². The standard InChI is InChI=1S/C15H21NO2/c1-2-3-9-16-10-8-14(11-16)12-4-6-13(7-5-12)15(17)18/h4-7,14H,2-3,8-11H2,1H3,(H,17,18). The van der Waals surface area contributed by atoms with E-state index in [0.29, 0.717) is 11.5 Å². The van der Waals surface area contributed by atoms with Crippen molar-refractivity contribution >= 4 is 5.97 Å². The highest BCUT2D eigenvalue weighted by molar-refractivity contribution is 5.87. The van der Waals surface area contributed by atoms with Crippen LogP contribution < -0.4 is 0 Å². The summed E-state index contributed by atoms with van der Waals surface area (Å²) in [5.74, 6) is -0.276. The van der Waals surface area contributed by atoms with Crippen molar-refractivity contribution in [3.63, 3.8) is 0 Å². The zero-order chi connectivity index (χ0) is 13.0. The summed E-state index contributed by atoms with van der Waals surface area (Å²) in [6, 6.07) is 7.37. The lowest BCUT2D eigenvalue weighted by Gasteiger charge is -2.15. The molecule has 1 atom stereocenters. The van der Waals surface area contributed by atoms with E-state index < -0.39 is 5.97 Å². The molecule has 0 saturated carbocycles. The summed E-state index contributed by atoms with van der Waals surface area (Å²) in [7, 11) is 0. The number of likely N-dealkylation sites (tertiary alicyclic amines) is 1. The van der Waals surface area contributed by atoms with Crippen molar-refractivity contribution in [3.8, 4) is 0 Å². The highest BCUT2D eigenvalue weighted by Gasteiger charge is 2.23. The van der Waals surface area contributed by atoms with E-state index >= 15 is 0 Å². The Morgan fingerprint density at radius 3 is 2.72 bits per heavy atom. The minimum atomic E-state index is -0.849. The lowest BCUT2D eigenvalue weighted by atomic mass is 9.97. The average Bonchev–Trinajstić information content (AvgIpc) is 2.85. The fourth-order valence-electron chi connectivity index (χ4n) is 2.59. The lowest BCUT2D eigenvalue weighted by molar-refractivity contribution is 0.0697. The van der Waals surface area contributed by atoms with Crippen molar-refractivity contribution < 1.29 is 9.90 Å². The first-order chi connectivity index (χ1) is 8.70. The molecule has 98 valence electrons. The van der Waals surface area contributed by atoms with Crippen LogP contribution in [0.5, 0.6) is 0 Å². The first kappa shape index (κ1) is 13.1. The van der Waals surface area contributed by atoms with Crippen molar-refractivity contribution in [2.45, 2.75) is 32.1 Å². The molecule has 1 aromatic carbocycles. The second-order valence-electron chi connectivity index (χ2n) is 5.07. The van der Waals surface area contributed by atoms with E-state index in [4.69, 9.17) is 5.11 Å². The van der Waals surface area contributed by atoms with Crippen molar-refractivity contribution in [1.29, 1.82) is 0 Å². The van der Waals surface area contributed by atoms with Crippen LogP contribution >= 0.6 is 0 Å². The van der Waals surface area contributed by atoms with Crippen LogP contribution in [0, 0.1) is 0 Å². The van der Waals surface area contributed by atoms with E-state index in [2.05, 4.69) is 11.8 Å². The Bertz CT molecular complexity index is 399. The summed E-state index contributed by atoms with van der Waals surface area (Å²) in [5, 5.41) is 8.87. The number of hydrogen-bond acceptors (Lipinski definition) is 2. The third-order valence-corrected chi connectivity index (χ3v) is 3.73. The Labute approximate surface area is 108 Å². The van der Waals surface area contributed by atoms with Crippen LogP contribution in [0.1, 0.15) is 48.0 Å². The number of carboxylic acid groups (broad SMARTS) is 1. The maximum Gasteiger partial charge on any atom is 0.335 e. The van der Waals surface area contributed by atoms with Gasteiger partial charge in [-0.05, 0) is 49.5 Å². The number of hydrogen-bond donors (Lipinski definition) is 1.